The van der Waals surface area contributed by atoms with Gasteiger partial charge in [0.15, 0.2) is 24.0 Å². The zero-order valence-corrected chi connectivity index (χ0v) is 20.6. The van der Waals surface area contributed by atoms with Gasteiger partial charge in [0.1, 0.15) is 11.6 Å². The van der Waals surface area contributed by atoms with Crippen molar-refractivity contribution in [1.82, 2.24) is 0 Å². The van der Waals surface area contributed by atoms with Crippen LogP contribution in [0.25, 0.3) is 21.9 Å². The first-order chi connectivity index (χ1) is 18.1. The van der Waals surface area contributed by atoms with Crippen LogP contribution in [-0.2, 0) is 19.3 Å². The van der Waals surface area contributed by atoms with Crippen molar-refractivity contribution in [3.05, 3.63) is 101 Å². The van der Waals surface area contributed by atoms with Crippen LogP contribution in [0.4, 0.5) is 30.7 Å². The highest BCUT2D eigenvalue weighted by molar-refractivity contribution is 5.88. The molecule has 0 amide bonds. The third kappa shape index (κ3) is 6.47. The summed E-state index contributed by atoms with van der Waals surface area (Å²) in [6, 6.07) is 15.1. The monoisotopic (exact) mass is 534 g/mol. The lowest BCUT2D eigenvalue weighted by Crippen LogP contribution is -2.20. The Morgan fingerprint density at radius 3 is 2.08 bits per heavy atom. The number of hydrogen-bond donors (Lipinski definition) is 0. The predicted octanol–water partition coefficient (Wildman–Crippen LogP) is 9.13. The van der Waals surface area contributed by atoms with Crippen molar-refractivity contribution in [2.75, 3.05) is 6.61 Å². The minimum atomic E-state index is -4.74. The van der Waals surface area contributed by atoms with Gasteiger partial charge in [-0.3, -0.25) is 0 Å². The Bertz CT molecular complexity index is 1420. The molecule has 0 aliphatic carbocycles. The third-order valence-electron chi connectivity index (χ3n) is 6.32. The van der Waals surface area contributed by atoms with Gasteiger partial charge in [-0.1, -0.05) is 49.7 Å². The lowest BCUT2D eigenvalue weighted by atomic mass is 9.96. The van der Waals surface area contributed by atoms with E-state index in [0.29, 0.717) is 27.5 Å². The van der Waals surface area contributed by atoms with Crippen molar-refractivity contribution in [2.24, 2.45) is 0 Å². The summed E-state index contributed by atoms with van der Waals surface area (Å²) in [5.74, 6) is -4.48. The van der Waals surface area contributed by atoms with E-state index in [1.54, 1.807) is 36.4 Å². The van der Waals surface area contributed by atoms with Crippen molar-refractivity contribution >= 4 is 10.8 Å². The van der Waals surface area contributed by atoms with Crippen LogP contribution < -0.4 is 4.74 Å². The quantitative estimate of drug-likeness (QED) is 0.195. The summed E-state index contributed by atoms with van der Waals surface area (Å²) in [6.07, 6.45) is -1.81. The minimum absolute atomic E-state index is 0.0451. The molecule has 0 aliphatic heterocycles. The van der Waals surface area contributed by atoms with Gasteiger partial charge in [-0.2, -0.15) is 13.2 Å². The van der Waals surface area contributed by atoms with Gasteiger partial charge in [0, 0.05) is 10.9 Å². The fourth-order valence-electron chi connectivity index (χ4n) is 4.35. The molecule has 1 nitrogen and oxygen atoms in total. The molecular weight excluding hydrogens is 509 g/mol. The maximum Gasteiger partial charge on any atom is 0.422 e. The molecule has 0 spiro atoms. The number of ether oxygens (including phenoxy) is 1. The summed E-state index contributed by atoms with van der Waals surface area (Å²) in [5.41, 5.74) is 2.40. The third-order valence-corrected chi connectivity index (χ3v) is 6.32. The average molecular weight is 535 g/mol. The van der Waals surface area contributed by atoms with Crippen molar-refractivity contribution < 1.29 is 35.5 Å². The van der Waals surface area contributed by atoms with Crippen LogP contribution in [-0.4, -0.2) is 12.8 Å². The Labute approximate surface area is 215 Å². The first-order valence-electron chi connectivity index (χ1n) is 12.2. The van der Waals surface area contributed by atoms with Gasteiger partial charge in [-0.05, 0) is 77.6 Å². The van der Waals surface area contributed by atoms with Gasteiger partial charge >= 0.3 is 6.18 Å². The van der Waals surface area contributed by atoms with E-state index in [1.807, 2.05) is 6.07 Å². The van der Waals surface area contributed by atoms with Crippen LogP contribution in [0.1, 0.15) is 36.5 Å². The number of halogens is 7. The van der Waals surface area contributed by atoms with Gasteiger partial charge in [0.2, 0.25) is 0 Å². The van der Waals surface area contributed by atoms with Gasteiger partial charge in [-0.15, -0.1) is 0 Å². The fourth-order valence-corrected chi connectivity index (χ4v) is 4.35. The zero-order valence-electron chi connectivity index (χ0n) is 20.6. The van der Waals surface area contributed by atoms with Gasteiger partial charge in [0.25, 0.3) is 0 Å². The number of fused-ring (bicyclic) bond motifs is 1. The average Bonchev–Trinajstić information content (AvgIpc) is 2.86. The summed E-state index contributed by atoms with van der Waals surface area (Å²) in [6.45, 7) is 0.253. The molecule has 0 N–H and O–H groups in total. The zero-order chi connectivity index (χ0) is 27.4. The highest BCUT2D eigenvalue weighted by Crippen LogP contribution is 2.31. The highest BCUT2D eigenvalue weighted by Gasteiger charge is 2.30. The second kappa shape index (κ2) is 11.5. The molecule has 0 unspecified atom stereocenters. The minimum Gasteiger partial charge on any atom is -0.478 e. The Hall–Kier alpha value is -3.55. The van der Waals surface area contributed by atoms with Crippen LogP contribution >= 0.6 is 0 Å². The normalized spacial score (nSPS) is 11.8. The maximum absolute atomic E-state index is 15.2. The van der Waals surface area contributed by atoms with Crippen LogP contribution in [0, 0.1) is 23.3 Å². The Balaban J connectivity index is 1.51. The molecule has 4 aromatic rings. The number of hydrogen-bond acceptors (Lipinski definition) is 1. The summed E-state index contributed by atoms with van der Waals surface area (Å²) >= 11 is 0. The molecule has 0 heterocycles. The molecule has 0 aliphatic rings. The number of rotatable bonds is 9. The Kier molecular flexibility index (Phi) is 8.29. The smallest absolute Gasteiger partial charge is 0.422 e. The van der Waals surface area contributed by atoms with Crippen molar-refractivity contribution in [2.45, 2.75) is 45.2 Å². The summed E-state index contributed by atoms with van der Waals surface area (Å²) in [7, 11) is 0. The molecule has 8 heteroatoms. The molecule has 0 aromatic heterocycles. The van der Waals surface area contributed by atoms with Gasteiger partial charge in [0.05, 0.1) is 0 Å². The molecule has 0 saturated carbocycles. The van der Waals surface area contributed by atoms with Crippen LogP contribution in [0.2, 0.25) is 0 Å². The molecule has 0 atom stereocenters. The van der Waals surface area contributed by atoms with Crippen LogP contribution in [0.3, 0.4) is 0 Å². The van der Waals surface area contributed by atoms with E-state index in [0.717, 1.165) is 37.0 Å². The van der Waals surface area contributed by atoms with Crippen molar-refractivity contribution in [3.63, 3.8) is 0 Å². The molecule has 4 aromatic carbocycles. The van der Waals surface area contributed by atoms with E-state index < -0.39 is 36.0 Å². The second-order valence-corrected chi connectivity index (χ2v) is 9.18. The molecule has 0 bridgehead atoms. The SMILES string of the molecule is CCCCc1ccc(-c2ccc3c(F)c(CCc4cc(F)c(OCC(F)(F)F)c(F)c4)ccc3c2)c(F)c1. The fraction of sp³-hybridized carbons (Fsp3) is 0.267. The molecule has 4 rings (SSSR count). The highest BCUT2D eigenvalue weighted by atomic mass is 19.4. The standard InChI is InChI=1S/C30H25F7O/c1-2-3-4-18-6-11-23(25(31)13-18)21-10-12-24-22(16-21)9-8-20(28(24)34)7-5-19-14-26(32)29(27(33)15-19)38-17-30(35,36)37/h6,8-16H,2-5,7,17H2,1H3. The Morgan fingerprint density at radius 1 is 0.711 bits per heavy atom. The topological polar surface area (TPSA) is 9.23 Å². The van der Waals surface area contributed by atoms with Crippen LogP contribution in [0.5, 0.6) is 5.75 Å². The number of benzene rings is 4. The van der Waals surface area contributed by atoms with E-state index >= 15 is 4.39 Å². The maximum atomic E-state index is 15.2. The number of alkyl halides is 3. The number of unbranched alkanes of at least 4 members (excludes halogenated alkanes) is 1. The molecule has 0 fully saturated rings. The van der Waals surface area contributed by atoms with E-state index in [9.17, 15) is 26.3 Å². The largest absolute Gasteiger partial charge is 0.478 e. The molecule has 200 valence electrons. The molecule has 38 heavy (non-hydrogen) atoms. The lowest BCUT2D eigenvalue weighted by molar-refractivity contribution is -0.154. The first-order valence-corrected chi connectivity index (χ1v) is 12.2. The van der Waals surface area contributed by atoms with Gasteiger partial charge < -0.3 is 4.74 Å². The molecular formula is C30H25F7O. The van der Waals surface area contributed by atoms with Crippen LogP contribution in [0.15, 0.2) is 60.7 Å². The second-order valence-electron chi connectivity index (χ2n) is 9.18. The first kappa shape index (κ1) is 27.5. The molecule has 0 saturated heterocycles. The van der Waals surface area contributed by atoms with E-state index in [-0.39, 0.29) is 24.2 Å². The van der Waals surface area contributed by atoms with Crippen molar-refractivity contribution in [3.8, 4) is 16.9 Å². The number of aryl methyl sites for hydroxylation is 3. The van der Waals surface area contributed by atoms with E-state index in [4.69, 9.17) is 0 Å². The van der Waals surface area contributed by atoms with E-state index in [2.05, 4.69) is 11.7 Å². The summed E-state index contributed by atoms with van der Waals surface area (Å²) < 4.78 is 99.4. The van der Waals surface area contributed by atoms with E-state index in [1.165, 1.54) is 6.07 Å². The van der Waals surface area contributed by atoms with Crippen molar-refractivity contribution in [1.29, 1.82) is 0 Å². The molecule has 0 radical (unpaired) electrons. The van der Waals surface area contributed by atoms with Gasteiger partial charge in [-0.25, -0.2) is 17.6 Å². The lowest BCUT2D eigenvalue weighted by Gasteiger charge is -2.12. The Morgan fingerprint density at radius 2 is 1.42 bits per heavy atom. The summed E-state index contributed by atoms with van der Waals surface area (Å²) in [5, 5.41) is 0.890. The summed E-state index contributed by atoms with van der Waals surface area (Å²) in [4.78, 5) is 0. The predicted molar refractivity (Wildman–Crippen MR) is 133 cm³/mol.